The van der Waals surface area contributed by atoms with Crippen LogP contribution >= 0.6 is 0 Å². The van der Waals surface area contributed by atoms with Gasteiger partial charge in [0, 0.05) is 37.8 Å². The summed E-state index contributed by atoms with van der Waals surface area (Å²) in [7, 11) is 3.19. The zero-order valence-electron chi connectivity index (χ0n) is 23.2. The zero-order chi connectivity index (χ0) is 29.1. The Balaban J connectivity index is 1.57. The molecule has 0 radical (unpaired) electrons. The summed E-state index contributed by atoms with van der Waals surface area (Å²) in [6, 6.07) is 13.3. The number of nitrogens with one attached hydrogen (secondary N) is 5. The number of aromatic amines is 1. The predicted octanol–water partition coefficient (Wildman–Crippen LogP) is 1.62. The van der Waals surface area contributed by atoms with Crippen molar-refractivity contribution in [3.63, 3.8) is 0 Å². The average molecular weight is 553 g/mol. The molecule has 5 N–H and O–H groups in total. The van der Waals surface area contributed by atoms with Crippen LogP contribution in [0, 0.1) is 16.7 Å². The number of benzene rings is 2. The van der Waals surface area contributed by atoms with Crippen LogP contribution in [-0.2, 0) is 11.8 Å². The molecule has 0 bridgehead atoms. The second kappa shape index (κ2) is 11.3. The molecule has 0 saturated carbocycles. The lowest BCUT2D eigenvalue weighted by Crippen LogP contribution is -2.45. The van der Waals surface area contributed by atoms with Gasteiger partial charge in [-0.1, -0.05) is 17.3 Å². The highest BCUT2D eigenvalue weighted by Gasteiger charge is 2.46. The highest BCUT2D eigenvalue weighted by atomic mass is 16.2. The summed E-state index contributed by atoms with van der Waals surface area (Å²) in [4.78, 5) is 26.8. The minimum atomic E-state index is -0.863. The Morgan fingerprint density at radius 3 is 2.29 bits per heavy atom. The molecule has 0 unspecified atom stereocenters. The van der Waals surface area contributed by atoms with E-state index in [1.54, 1.807) is 31.1 Å². The van der Waals surface area contributed by atoms with Gasteiger partial charge in [0.1, 0.15) is 17.6 Å². The van der Waals surface area contributed by atoms with Gasteiger partial charge in [0.05, 0.1) is 12.0 Å². The van der Waals surface area contributed by atoms with E-state index in [2.05, 4.69) is 42.6 Å². The molecule has 12 nitrogen and oxygen atoms in total. The Bertz CT molecular complexity index is 1510. The first-order valence-electron chi connectivity index (χ1n) is 13.5. The molecule has 1 aromatic heterocycles. The Labute approximate surface area is 237 Å². The van der Waals surface area contributed by atoms with Crippen molar-refractivity contribution in [2.45, 2.75) is 37.6 Å². The molecule has 5 rings (SSSR count). The minimum Gasteiger partial charge on any atom is -0.355 e. The number of fused-ring (bicyclic) bond motifs is 2. The van der Waals surface area contributed by atoms with Crippen molar-refractivity contribution in [3.8, 4) is 6.07 Å². The number of rotatable bonds is 8. The van der Waals surface area contributed by atoms with Gasteiger partial charge in [-0.05, 0) is 78.8 Å². The van der Waals surface area contributed by atoms with E-state index in [0.717, 1.165) is 28.7 Å². The Kier molecular flexibility index (Phi) is 7.63. The lowest BCUT2D eigenvalue weighted by Gasteiger charge is -2.41. The third-order valence-electron chi connectivity index (χ3n) is 7.87. The predicted molar refractivity (Wildman–Crippen MR) is 151 cm³/mol. The van der Waals surface area contributed by atoms with Gasteiger partial charge in [-0.25, -0.2) is 0 Å². The number of hydrogen-bond acceptors (Lipinski definition) is 8. The number of carbonyl (C=O) groups is 2. The van der Waals surface area contributed by atoms with Gasteiger partial charge in [-0.15, -0.1) is 10.2 Å². The molecule has 2 amide bonds. The van der Waals surface area contributed by atoms with Crippen LogP contribution in [0.3, 0.4) is 0 Å². The quantitative estimate of drug-likeness (QED) is 0.207. The van der Waals surface area contributed by atoms with E-state index in [1.165, 1.54) is 0 Å². The number of carbonyl (C=O) groups excluding carboxylic acids is 2. The van der Waals surface area contributed by atoms with Crippen molar-refractivity contribution in [1.29, 1.82) is 10.7 Å². The third kappa shape index (κ3) is 4.96. The summed E-state index contributed by atoms with van der Waals surface area (Å²) >= 11 is 0. The van der Waals surface area contributed by atoms with E-state index < -0.39 is 5.41 Å². The van der Waals surface area contributed by atoms with Crippen molar-refractivity contribution in [1.82, 2.24) is 41.5 Å². The van der Waals surface area contributed by atoms with Gasteiger partial charge in [0.25, 0.3) is 11.8 Å². The number of aromatic nitrogens is 4. The molecule has 41 heavy (non-hydrogen) atoms. The molecule has 0 saturated heterocycles. The highest BCUT2D eigenvalue weighted by Crippen LogP contribution is 2.48. The number of nitriles is 1. The molecule has 0 spiro atoms. The SMILES string of the molecule is CNC(=O)c1ccc2c(c1)Cc1cc(C(=O)NC)ccc1C2(C[C@H](C)NCC(=N)N1CCC=C1C#N)c1nn[nH]n1. The number of amidine groups is 1. The first-order chi connectivity index (χ1) is 19.8. The average Bonchev–Trinajstić information content (AvgIpc) is 3.71. The summed E-state index contributed by atoms with van der Waals surface area (Å²) in [5.41, 5.74) is 4.46. The van der Waals surface area contributed by atoms with Crippen molar-refractivity contribution < 1.29 is 9.59 Å². The van der Waals surface area contributed by atoms with Crippen LogP contribution < -0.4 is 16.0 Å². The summed E-state index contributed by atoms with van der Waals surface area (Å²) in [5.74, 6) is 0.414. The molecule has 1 aliphatic carbocycles. The second-order valence-electron chi connectivity index (χ2n) is 10.3. The Morgan fingerprint density at radius 2 is 1.76 bits per heavy atom. The number of tetrazole rings is 1. The van der Waals surface area contributed by atoms with E-state index in [-0.39, 0.29) is 24.4 Å². The summed E-state index contributed by atoms with van der Waals surface area (Å²) in [6.45, 7) is 2.92. The maximum absolute atomic E-state index is 12.5. The standard InChI is InChI=1S/C29H32N10O2/c1-17(34-16-25(31)39-10-4-5-22(39)15-30)14-29(28-35-37-38-36-28)23-8-6-18(26(40)32-2)11-20(23)13-21-12-19(27(41)33-3)7-9-24(21)29/h5-9,11-12,17,31,34H,4,10,13-14,16H2,1-3H3,(H,32,40)(H,33,41)(H,35,36,37,38)/t17-/m0/s1. The summed E-state index contributed by atoms with van der Waals surface area (Å²) in [5, 5.41) is 42.2. The first kappa shape index (κ1) is 27.7. The molecule has 2 aliphatic rings. The van der Waals surface area contributed by atoms with Crippen molar-refractivity contribution in [2.75, 3.05) is 27.2 Å². The van der Waals surface area contributed by atoms with E-state index >= 15 is 0 Å². The van der Waals surface area contributed by atoms with Crippen molar-refractivity contribution in [2.24, 2.45) is 0 Å². The Morgan fingerprint density at radius 1 is 1.12 bits per heavy atom. The topological polar surface area (TPSA) is 176 Å². The van der Waals surface area contributed by atoms with Gasteiger partial charge in [0.2, 0.25) is 0 Å². The maximum Gasteiger partial charge on any atom is 0.251 e. The lowest BCUT2D eigenvalue weighted by atomic mass is 9.62. The molecule has 1 atom stereocenters. The van der Waals surface area contributed by atoms with Crippen LogP contribution in [0.5, 0.6) is 0 Å². The smallest absolute Gasteiger partial charge is 0.251 e. The van der Waals surface area contributed by atoms with Crippen LogP contribution in [0.15, 0.2) is 48.2 Å². The molecule has 12 heteroatoms. The Hall–Kier alpha value is -4.89. The van der Waals surface area contributed by atoms with Crippen molar-refractivity contribution in [3.05, 3.63) is 87.4 Å². The number of nitrogens with zero attached hydrogens (tertiary/aromatic N) is 5. The van der Waals surface area contributed by atoms with Gasteiger partial charge in [-0.2, -0.15) is 10.5 Å². The van der Waals surface area contributed by atoms with Gasteiger partial charge < -0.3 is 20.9 Å². The maximum atomic E-state index is 12.5. The minimum absolute atomic E-state index is 0.137. The van der Waals surface area contributed by atoms with Crippen LogP contribution in [0.1, 0.15) is 68.6 Å². The number of allylic oxidation sites excluding steroid dienone is 1. The summed E-state index contributed by atoms with van der Waals surface area (Å²) in [6.07, 6.45) is 3.61. The van der Waals surface area contributed by atoms with Gasteiger partial charge in [0.15, 0.2) is 5.82 Å². The fraction of sp³-hybridized carbons (Fsp3) is 0.345. The van der Waals surface area contributed by atoms with Gasteiger partial charge >= 0.3 is 0 Å². The zero-order valence-corrected chi connectivity index (χ0v) is 23.2. The first-order valence-corrected chi connectivity index (χ1v) is 13.5. The number of hydrogen-bond donors (Lipinski definition) is 5. The van der Waals surface area contributed by atoms with Crippen LogP contribution in [0.25, 0.3) is 0 Å². The summed E-state index contributed by atoms with van der Waals surface area (Å²) < 4.78 is 0. The molecule has 0 fully saturated rings. The third-order valence-corrected chi connectivity index (χ3v) is 7.87. The van der Waals surface area contributed by atoms with Gasteiger partial charge in [-0.3, -0.25) is 15.0 Å². The van der Waals surface area contributed by atoms with E-state index in [9.17, 15) is 14.9 Å². The molecule has 1 aliphatic heterocycles. The normalized spacial score (nSPS) is 15.7. The monoisotopic (exact) mass is 552 g/mol. The van der Waals surface area contributed by atoms with Crippen LogP contribution in [0.4, 0.5) is 0 Å². The molecular formula is C29H32N10O2. The second-order valence-corrected chi connectivity index (χ2v) is 10.3. The lowest BCUT2D eigenvalue weighted by molar-refractivity contribution is 0.0955. The molecule has 2 heterocycles. The molecule has 2 aromatic carbocycles. The van der Waals surface area contributed by atoms with E-state index in [0.29, 0.717) is 47.9 Å². The van der Waals surface area contributed by atoms with Crippen molar-refractivity contribution >= 4 is 17.6 Å². The molecule has 210 valence electrons. The fourth-order valence-electron chi connectivity index (χ4n) is 5.97. The molecular weight excluding hydrogens is 520 g/mol. The van der Waals surface area contributed by atoms with E-state index in [4.69, 9.17) is 5.41 Å². The largest absolute Gasteiger partial charge is 0.355 e. The van der Waals surface area contributed by atoms with Crippen LogP contribution in [0.2, 0.25) is 0 Å². The highest BCUT2D eigenvalue weighted by molar-refractivity contribution is 5.95. The molecule has 3 aromatic rings. The fourth-order valence-corrected chi connectivity index (χ4v) is 5.97. The van der Waals surface area contributed by atoms with E-state index in [1.807, 2.05) is 37.3 Å². The number of amides is 2. The number of H-pyrrole nitrogens is 1. The van der Waals surface area contributed by atoms with Crippen LogP contribution in [-0.4, -0.2) is 76.4 Å².